The minimum atomic E-state index is -0.207. The third-order valence-electron chi connectivity index (χ3n) is 6.47. The Morgan fingerprint density at radius 2 is 1.93 bits per heavy atom. The first kappa shape index (κ1) is 20.1. The predicted molar refractivity (Wildman–Crippen MR) is 116 cm³/mol. The molecule has 0 spiro atoms. The number of aromatic nitrogens is 1. The molecule has 2 amide bonds. The van der Waals surface area contributed by atoms with Crippen LogP contribution in [0.2, 0.25) is 0 Å². The van der Waals surface area contributed by atoms with Crippen LogP contribution in [0.1, 0.15) is 62.8 Å². The first-order valence-electron chi connectivity index (χ1n) is 10.7. The molecule has 5 nitrogen and oxygen atoms in total. The average molecular weight is 412 g/mol. The summed E-state index contributed by atoms with van der Waals surface area (Å²) >= 11 is 1.43. The predicted octanol–water partition coefficient (Wildman–Crippen LogP) is 4.83. The molecule has 2 heterocycles. The van der Waals surface area contributed by atoms with E-state index < -0.39 is 0 Å². The quantitative estimate of drug-likeness (QED) is 0.741. The van der Waals surface area contributed by atoms with Gasteiger partial charge in [0, 0.05) is 43.4 Å². The zero-order valence-electron chi connectivity index (χ0n) is 16.8. The van der Waals surface area contributed by atoms with E-state index >= 15 is 0 Å². The maximum atomic E-state index is 13.2. The van der Waals surface area contributed by atoms with Crippen LogP contribution in [-0.2, 0) is 9.59 Å². The molecular weight excluding hydrogens is 382 g/mol. The van der Waals surface area contributed by atoms with Gasteiger partial charge in [0.15, 0.2) is 5.13 Å². The summed E-state index contributed by atoms with van der Waals surface area (Å²) in [7, 11) is 0. The number of nitrogens with one attached hydrogen (secondary N) is 1. The number of carbonyl (C=O) groups is 2. The van der Waals surface area contributed by atoms with Crippen LogP contribution < -0.4 is 5.32 Å². The molecule has 1 unspecified atom stereocenters. The third kappa shape index (κ3) is 5.04. The Morgan fingerprint density at radius 3 is 2.66 bits per heavy atom. The Morgan fingerprint density at radius 1 is 1.14 bits per heavy atom. The summed E-state index contributed by atoms with van der Waals surface area (Å²) in [5.74, 6) is 0.626. The molecule has 1 aliphatic heterocycles. The van der Waals surface area contributed by atoms with Gasteiger partial charge in [0.1, 0.15) is 0 Å². The lowest BCUT2D eigenvalue weighted by atomic mass is 9.69. The molecule has 0 bridgehead atoms. The summed E-state index contributed by atoms with van der Waals surface area (Å²) in [6, 6.07) is 10.5. The Hall–Kier alpha value is -2.21. The largest absolute Gasteiger partial charge is 0.342 e. The van der Waals surface area contributed by atoms with Crippen molar-refractivity contribution in [1.29, 1.82) is 0 Å². The van der Waals surface area contributed by atoms with E-state index in [4.69, 9.17) is 0 Å². The van der Waals surface area contributed by atoms with Crippen LogP contribution in [0.4, 0.5) is 5.13 Å². The number of hydrogen-bond acceptors (Lipinski definition) is 4. The second kappa shape index (κ2) is 9.08. The Balaban J connectivity index is 1.38. The van der Waals surface area contributed by atoms with Crippen molar-refractivity contribution in [2.75, 3.05) is 18.4 Å². The highest BCUT2D eigenvalue weighted by Gasteiger charge is 2.39. The van der Waals surface area contributed by atoms with Crippen LogP contribution in [0, 0.1) is 5.41 Å². The molecule has 4 rings (SSSR count). The molecule has 1 N–H and O–H groups in total. The lowest BCUT2D eigenvalue weighted by molar-refractivity contribution is -0.134. The number of hydrogen-bond donors (Lipinski definition) is 1. The van der Waals surface area contributed by atoms with Gasteiger partial charge in [-0.2, -0.15) is 0 Å². The maximum absolute atomic E-state index is 13.2. The van der Waals surface area contributed by atoms with E-state index in [0.29, 0.717) is 23.9 Å². The van der Waals surface area contributed by atoms with Gasteiger partial charge in [0.05, 0.1) is 0 Å². The zero-order valence-corrected chi connectivity index (χ0v) is 17.6. The molecule has 1 aromatic heterocycles. The van der Waals surface area contributed by atoms with Gasteiger partial charge in [-0.1, -0.05) is 49.6 Å². The second-order valence-electron chi connectivity index (χ2n) is 8.54. The van der Waals surface area contributed by atoms with Crippen LogP contribution in [-0.4, -0.2) is 34.8 Å². The van der Waals surface area contributed by atoms with E-state index in [0.717, 1.165) is 45.2 Å². The number of benzene rings is 1. The lowest BCUT2D eigenvalue weighted by Crippen LogP contribution is -2.37. The summed E-state index contributed by atoms with van der Waals surface area (Å²) in [4.78, 5) is 32.0. The smallest absolute Gasteiger partial charge is 0.226 e. The molecule has 6 heteroatoms. The summed E-state index contributed by atoms with van der Waals surface area (Å²) in [5.41, 5.74) is 1.11. The fourth-order valence-corrected chi connectivity index (χ4v) is 5.47. The van der Waals surface area contributed by atoms with Crippen LogP contribution in [0.3, 0.4) is 0 Å². The minimum absolute atomic E-state index is 0.0155. The van der Waals surface area contributed by atoms with Crippen LogP contribution in [0.5, 0.6) is 0 Å². The van der Waals surface area contributed by atoms with Crippen LogP contribution >= 0.6 is 11.3 Å². The van der Waals surface area contributed by atoms with Gasteiger partial charge in [-0.3, -0.25) is 9.59 Å². The van der Waals surface area contributed by atoms with E-state index in [1.807, 2.05) is 16.3 Å². The number of rotatable bonds is 6. The minimum Gasteiger partial charge on any atom is -0.342 e. The standard InChI is InChI=1S/C23H29N3O2S/c27-20(25-22-24-12-14-29-22)15-23(10-5-2-6-11-23)16-21(28)26-13-9-19(17-26)18-7-3-1-4-8-18/h1,3-4,7-8,12,14,19H,2,5-6,9-11,13,15-17H2,(H,24,25,27). The van der Waals surface area contributed by atoms with Crippen molar-refractivity contribution in [2.24, 2.45) is 5.41 Å². The van der Waals surface area contributed by atoms with Crippen LogP contribution in [0.25, 0.3) is 0 Å². The van der Waals surface area contributed by atoms with Crippen molar-refractivity contribution >= 4 is 28.3 Å². The highest BCUT2D eigenvalue weighted by atomic mass is 32.1. The summed E-state index contributed by atoms with van der Waals surface area (Å²) < 4.78 is 0. The van der Waals surface area contributed by atoms with E-state index in [2.05, 4.69) is 34.6 Å². The second-order valence-corrected chi connectivity index (χ2v) is 9.43. The number of nitrogens with zero attached hydrogens (tertiary/aromatic N) is 2. The van der Waals surface area contributed by atoms with Crippen molar-refractivity contribution in [1.82, 2.24) is 9.88 Å². The summed E-state index contributed by atoms with van der Waals surface area (Å²) in [6.45, 7) is 1.62. The number of carbonyl (C=O) groups excluding carboxylic acids is 2. The van der Waals surface area contributed by atoms with Gasteiger partial charge in [0.2, 0.25) is 11.8 Å². The first-order chi connectivity index (χ1) is 14.1. The topological polar surface area (TPSA) is 62.3 Å². The molecule has 1 saturated heterocycles. The zero-order chi connectivity index (χ0) is 20.1. The van der Waals surface area contributed by atoms with Crippen molar-refractivity contribution in [3.05, 3.63) is 47.5 Å². The molecular formula is C23H29N3O2S. The fourth-order valence-electron chi connectivity index (χ4n) is 4.92. The highest BCUT2D eigenvalue weighted by molar-refractivity contribution is 7.13. The van der Waals surface area contributed by atoms with Gasteiger partial charge in [-0.25, -0.2) is 4.98 Å². The molecule has 2 fully saturated rings. The molecule has 1 atom stereocenters. The van der Waals surface area contributed by atoms with Crippen molar-refractivity contribution in [3.63, 3.8) is 0 Å². The number of likely N-dealkylation sites (tertiary alicyclic amines) is 1. The molecule has 0 radical (unpaired) electrons. The molecule has 2 aliphatic rings. The molecule has 2 aromatic rings. The molecule has 1 aromatic carbocycles. The highest BCUT2D eigenvalue weighted by Crippen LogP contribution is 2.43. The average Bonchev–Trinajstić information content (AvgIpc) is 3.41. The van der Waals surface area contributed by atoms with Gasteiger partial charge < -0.3 is 10.2 Å². The van der Waals surface area contributed by atoms with Gasteiger partial charge in [-0.05, 0) is 30.2 Å². The maximum Gasteiger partial charge on any atom is 0.226 e. The Kier molecular flexibility index (Phi) is 6.28. The van der Waals surface area contributed by atoms with E-state index in [9.17, 15) is 9.59 Å². The number of thiazole rings is 1. The fraction of sp³-hybridized carbons (Fsp3) is 0.522. The monoisotopic (exact) mass is 411 g/mol. The summed E-state index contributed by atoms with van der Waals surface area (Å²) in [6.07, 6.45) is 8.93. The van der Waals surface area contributed by atoms with Crippen LogP contribution in [0.15, 0.2) is 41.9 Å². The Labute approximate surface area is 176 Å². The number of amides is 2. The molecule has 1 saturated carbocycles. The number of anilines is 1. The van der Waals surface area contributed by atoms with Gasteiger partial charge >= 0.3 is 0 Å². The van der Waals surface area contributed by atoms with Crippen molar-refractivity contribution < 1.29 is 9.59 Å². The third-order valence-corrected chi connectivity index (χ3v) is 7.16. The normalized spacial score (nSPS) is 21.1. The SMILES string of the molecule is O=C(CC1(CC(=O)N2CCC(c3ccccc3)C2)CCCCC1)Nc1nccs1. The first-order valence-corrected chi connectivity index (χ1v) is 11.5. The molecule has 154 valence electrons. The van der Waals surface area contributed by atoms with Gasteiger partial charge in [-0.15, -0.1) is 11.3 Å². The Bertz CT molecular complexity index is 816. The molecule has 29 heavy (non-hydrogen) atoms. The van der Waals surface area contributed by atoms with E-state index in [1.54, 1.807) is 6.20 Å². The van der Waals surface area contributed by atoms with E-state index in [-0.39, 0.29) is 17.2 Å². The van der Waals surface area contributed by atoms with Crippen molar-refractivity contribution in [2.45, 2.75) is 57.3 Å². The van der Waals surface area contributed by atoms with Crippen molar-refractivity contribution in [3.8, 4) is 0 Å². The summed E-state index contributed by atoms with van der Waals surface area (Å²) in [5, 5.41) is 5.40. The van der Waals surface area contributed by atoms with Gasteiger partial charge in [0.25, 0.3) is 0 Å². The molecule has 1 aliphatic carbocycles. The van der Waals surface area contributed by atoms with E-state index in [1.165, 1.54) is 23.3 Å². The lowest BCUT2D eigenvalue weighted by Gasteiger charge is -2.37.